The normalized spacial score (nSPS) is 20.7. The summed E-state index contributed by atoms with van der Waals surface area (Å²) < 4.78 is 10.9. The predicted molar refractivity (Wildman–Crippen MR) is 118 cm³/mol. The molecule has 0 unspecified atom stereocenters. The highest BCUT2D eigenvalue weighted by Gasteiger charge is 2.53. The molecule has 168 valence electrons. The molecule has 0 aromatic heterocycles. The van der Waals surface area contributed by atoms with Crippen LogP contribution in [0.15, 0.2) is 54.6 Å². The fourth-order valence-electron chi connectivity index (χ4n) is 4.53. The SMILES string of the molecule is COCCCN1C(=O)C[C@@](CC(=O)N2CCOc3ccccc3C2)(c2ccccc2)C1=O. The van der Waals surface area contributed by atoms with Gasteiger partial charge in [-0.1, -0.05) is 48.5 Å². The summed E-state index contributed by atoms with van der Waals surface area (Å²) in [6.07, 6.45) is 0.507. The number of amides is 3. The summed E-state index contributed by atoms with van der Waals surface area (Å²) in [6.45, 7) is 1.98. The molecule has 1 fully saturated rings. The number of fused-ring (bicyclic) bond motifs is 1. The van der Waals surface area contributed by atoms with Crippen molar-refractivity contribution in [3.05, 3.63) is 65.7 Å². The van der Waals surface area contributed by atoms with Gasteiger partial charge in [0, 0.05) is 45.2 Å². The first-order chi connectivity index (χ1) is 15.5. The van der Waals surface area contributed by atoms with Crippen LogP contribution in [-0.2, 0) is 31.1 Å². The average Bonchev–Trinajstić information content (AvgIpc) is 2.96. The maximum atomic E-state index is 13.6. The fourth-order valence-corrected chi connectivity index (χ4v) is 4.53. The number of nitrogens with zero attached hydrogens (tertiary/aromatic N) is 2. The topological polar surface area (TPSA) is 76.2 Å². The zero-order valence-corrected chi connectivity index (χ0v) is 18.3. The van der Waals surface area contributed by atoms with Crippen molar-refractivity contribution in [2.24, 2.45) is 0 Å². The fraction of sp³-hybridized carbons (Fsp3) is 0.400. The van der Waals surface area contributed by atoms with Gasteiger partial charge >= 0.3 is 0 Å². The number of carbonyl (C=O) groups is 3. The Kier molecular flexibility index (Phi) is 6.55. The largest absolute Gasteiger partial charge is 0.491 e. The van der Waals surface area contributed by atoms with Gasteiger partial charge in [0.05, 0.1) is 12.0 Å². The van der Waals surface area contributed by atoms with Crippen LogP contribution in [0.2, 0.25) is 0 Å². The molecule has 2 aliphatic rings. The van der Waals surface area contributed by atoms with E-state index in [9.17, 15) is 14.4 Å². The molecule has 2 heterocycles. The van der Waals surface area contributed by atoms with Gasteiger partial charge in [0.15, 0.2) is 0 Å². The summed E-state index contributed by atoms with van der Waals surface area (Å²) in [5.74, 6) is 0.0722. The molecule has 0 spiro atoms. The van der Waals surface area contributed by atoms with Gasteiger partial charge in [0.25, 0.3) is 0 Å². The Labute approximate surface area is 187 Å². The Morgan fingerprint density at radius 1 is 1.09 bits per heavy atom. The van der Waals surface area contributed by atoms with Gasteiger partial charge < -0.3 is 14.4 Å². The highest BCUT2D eigenvalue weighted by atomic mass is 16.5. The van der Waals surface area contributed by atoms with Gasteiger partial charge in [-0.2, -0.15) is 0 Å². The first-order valence-corrected chi connectivity index (χ1v) is 10.9. The molecule has 7 nitrogen and oxygen atoms in total. The molecule has 1 saturated heterocycles. The van der Waals surface area contributed by atoms with Crippen molar-refractivity contribution >= 4 is 17.7 Å². The third-order valence-electron chi connectivity index (χ3n) is 6.22. The van der Waals surface area contributed by atoms with E-state index in [4.69, 9.17) is 9.47 Å². The number of ether oxygens (including phenoxy) is 2. The standard InChI is InChI=1S/C25H28N2O5/c1-31-14-7-12-27-23(29)17-25(24(27)30,20-9-3-2-4-10-20)16-22(28)26-13-15-32-21-11-6-5-8-19(21)18-26/h2-6,8-11H,7,12-18H2,1H3/t25-/m0/s1. The number of para-hydroxylation sites is 1. The summed E-state index contributed by atoms with van der Waals surface area (Å²) >= 11 is 0. The summed E-state index contributed by atoms with van der Waals surface area (Å²) in [6, 6.07) is 16.9. The molecule has 0 radical (unpaired) electrons. The molecule has 0 saturated carbocycles. The Morgan fingerprint density at radius 2 is 1.84 bits per heavy atom. The molecule has 7 heteroatoms. The monoisotopic (exact) mass is 436 g/mol. The quantitative estimate of drug-likeness (QED) is 0.493. The van der Waals surface area contributed by atoms with E-state index >= 15 is 0 Å². The lowest BCUT2D eigenvalue weighted by Gasteiger charge is -2.30. The highest BCUT2D eigenvalue weighted by Crippen LogP contribution is 2.40. The Hall–Kier alpha value is -3.19. The van der Waals surface area contributed by atoms with Gasteiger partial charge in [-0.05, 0) is 18.1 Å². The number of imide groups is 1. The van der Waals surface area contributed by atoms with E-state index in [0.717, 1.165) is 11.3 Å². The van der Waals surface area contributed by atoms with Crippen molar-refractivity contribution in [1.29, 1.82) is 0 Å². The summed E-state index contributed by atoms with van der Waals surface area (Å²) in [5, 5.41) is 0. The van der Waals surface area contributed by atoms with Gasteiger partial charge in [0.2, 0.25) is 17.7 Å². The minimum Gasteiger partial charge on any atom is -0.491 e. The molecule has 0 N–H and O–H groups in total. The zero-order valence-electron chi connectivity index (χ0n) is 18.3. The Bertz CT molecular complexity index is 993. The van der Waals surface area contributed by atoms with Crippen LogP contribution in [0.25, 0.3) is 0 Å². The average molecular weight is 437 g/mol. The van der Waals surface area contributed by atoms with Crippen LogP contribution in [0.1, 0.15) is 30.4 Å². The molecule has 0 bridgehead atoms. The second kappa shape index (κ2) is 9.53. The van der Waals surface area contributed by atoms with Crippen LogP contribution >= 0.6 is 0 Å². The number of carbonyl (C=O) groups excluding carboxylic acids is 3. The minimum atomic E-state index is -1.19. The Balaban J connectivity index is 1.60. The molecule has 0 aliphatic carbocycles. The van der Waals surface area contributed by atoms with Crippen molar-refractivity contribution < 1.29 is 23.9 Å². The van der Waals surface area contributed by atoms with Crippen molar-refractivity contribution in [2.75, 3.05) is 33.4 Å². The summed E-state index contributed by atoms with van der Waals surface area (Å²) in [7, 11) is 1.59. The number of likely N-dealkylation sites (tertiary alicyclic amines) is 1. The molecule has 1 atom stereocenters. The lowest BCUT2D eigenvalue weighted by atomic mass is 9.75. The Morgan fingerprint density at radius 3 is 2.62 bits per heavy atom. The van der Waals surface area contributed by atoms with E-state index < -0.39 is 5.41 Å². The van der Waals surface area contributed by atoms with Gasteiger partial charge in [-0.15, -0.1) is 0 Å². The van der Waals surface area contributed by atoms with Crippen molar-refractivity contribution in [3.63, 3.8) is 0 Å². The second-order valence-electron chi connectivity index (χ2n) is 8.27. The molecule has 3 amide bonds. The second-order valence-corrected chi connectivity index (χ2v) is 8.27. The molecular formula is C25H28N2O5. The lowest BCUT2D eigenvalue weighted by molar-refractivity contribution is -0.143. The van der Waals surface area contributed by atoms with Crippen molar-refractivity contribution in [2.45, 2.75) is 31.2 Å². The van der Waals surface area contributed by atoms with E-state index in [-0.39, 0.29) is 30.6 Å². The van der Waals surface area contributed by atoms with Gasteiger partial charge in [0.1, 0.15) is 12.4 Å². The minimum absolute atomic E-state index is 0.00447. The molecule has 4 rings (SSSR count). The van der Waals surface area contributed by atoms with Crippen LogP contribution in [0, 0.1) is 0 Å². The van der Waals surface area contributed by atoms with Crippen molar-refractivity contribution in [3.8, 4) is 5.75 Å². The molecule has 32 heavy (non-hydrogen) atoms. The number of hydrogen-bond donors (Lipinski definition) is 0. The number of rotatable bonds is 7. The first-order valence-electron chi connectivity index (χ1n) is 10.9. The smallest absolute Gasteiger partial charge is 0.240 e. The maximum absolute atomic E-state index is 13.6. The van der Waals surface area contributed by atoms with Crippen LogP contribution in [-0.4, -0.2) is 60.9 Å². The molecular weight excluding hydrogens is 408 g/mol. The van der Waals surface area contributed by atoms with Gasteiger partial charge in [-0.3, -0.25) is 19.3 Å². The van der Waals surface area contributed by atoms with Crippen molar-refractivity contribution in [1.82, 2.24) is 9.80 Å². The summed E-state index contributed by atoms with van der Waals surface area (Å²) in [5.41, 5.74) is 0.448. The van der Waals surface area contributed by atoms with Crippen LogP contribution in [0.5, 0.6) is 5.75 Å². The summed E-state index contributed by atoms with van der Waals surface area (Å²) in [4.78, 5) is 42.9. The number of methoxy groups -OCH3 is 1. The zero-order chi connectivity index (χ0) is 22.6. The molecule has 2 aliphatic heterocycles. The molecule has 2 aromatic carbocycles. The predicted octanol–water partition coefficient (Wildman–Crippen LogP) is 2.53. The van der Waals surface area contributed by atoms with Crippen LogP contribution in [0.4, 0.5) is 0 Å². The third kappa shape index (κ3) is 4.25. The van der Waals surface area contributed by atoms with E-state index in [1.54, 1.807) is 12.0 Å². The van der Waals surface area contributed by atoms with E-state index in [2.05, 4.69) is 0 Å². The number of benzene rings is 2. The van der Waals surface area contributed by atoms with Crippen LogP contribution < -0.4 is 4.74 Å². The molecule has 2 aromatic rings. The van der Waals surface area contributed by atoms with Crippen LogP contribution in [0.3, 0.4) is 0 Å². The van der Waals surface area contributed by atoms with E-state index in [1.807, 2.05) is 54.6 Å². The maximum Gasteiger partial charge on any atom is 0.240 e. The third-order valence-corrected chi connectivity index (χ3v) is 6.22. The van der Waals surface area contributed by atoms with E-state index in [0.29, 0.717) is 44.8 Å². The lowest BCUT2D eigenvalue weighted by Crippen LogP contribution is -2.44. The first kappa shape index (κ1) is 22.0. The highest BCUT2D eigenvalue weighted by molar-refractivity contribution is 6.10. The number of hydrogen-bond acceptors (Lipinski definition) is 5. The van der Waals surface area contributed by atoms with Gasteiger partial charge in [-0.25, -0.2) is 0 Å². The van der Waals surface area contributed by atoms with E-state index in [1.165, 1.54) is 4.90 Å².